The van der Waals surface area contributed by atoms with Crippen LogP contribution in [0.4, 0.5) is 5.69 Å². The number of unbranched alkanes of at least 4 members (excludes halogenated alkanes) is 13. The summed E-state index contributed by atoms with van der Waals surface area (Å²) in [5.74, 6) is 0.805. The third-order valence-corrected chi connectivity index (χ3v) is 8.35. The minimum atomic E-state index is -0.137. The van der Waals surface area contributed by atoms with Crippen LogP contribution in [0.3, 0.4) is 0 Å². The summed E-state index contributed by atoms with van der Waals surface area (Å²) in [4.78, 5) is 26.5. The van der Waals surface area contributed by atoms with Crippen molar-refractivity contribution in [2.24, 2.45) is 0 Å². The zero-order chi connectivity index (χ0) is 25.3. The molecule has 1 saturated heterocycles. The van der Waals surface area contributed by atoms with Crippen molar-refractivity contribution in [2.45, 2.75) is 115 Å². The first-order chi connectivity index (χ1) is 17.0. The average Bonchev–Trinajstić information content (AvgIpc) is 3.22. The average molecular weight is 504 g/mol. The van der Waals surface area contributed by atoms with Gasteiger partial charge in [-0.3, -0.25) is 14.5 Å². The van der Waals surface area contributed by atoms with Crippen LogP contribution in [0.1, 0.15) is 115 Å². The van der Waals surface area contributed by atoms with Crippen molar-refractivity contribution in [3.63, 3.8) is 0 Å². The molecule has 1 fully saturated rings. The van der Waals surface area contributed by atoms with Gasteiger partial charge in [-0.2, -0.15) is 0 Å². The van der Waals surface area contributed by atoms with Crippen LogP contribution in [0.2, 0.25) is 0 Å². The van der Waals surface area contributed by atoms with Gasteiger partial charge in [-0.15, -0.1) is 11.8 Å². The maximum atomic E-state index is 12.8. The molecule has 2 rings (SSSR count). The Balaban J connectivity index is 1.53. The smallest absolute Gasteiger partial charge is 0.238 e. The lowest BCUT2D eigenvalue weighted by Crippen LogP contribution is -2.43. The molecule has 0 spiro atoms. The summed E-state index contributed by atoms with van der Waals surface area (Å²) in [5.41, 5.74) is 1.88. The summed E-state index contributed by atoms with van der Waals surface area (Å²) in [6.07, 6.45) is 18.8. The molecule has 1 heterocycles. The summed E-state index contributed by atoms with van der Waals surface area (Å²) >= 11 is 1.76. The summed E-state index contributed by atoms with van der Waals surface area (Å²) in [7, 11) is 2.01. The number of anilines is 1. The van der Waals surface area contributed by atoms with Crippen molar-refractivity contribution < 1.29 is 9.59 Å². The van der Waals surface area contributed by atoms with E-state index in [0.717, 1.165) is 30.0 Å². The number of nitrogens with one attached hydrogen (secondary N) is 2. The molecule has 0 radical (unpaired) electrons. The van der Waals surface area contributed by atoms with Gasteiger partial charge in [0.1, 0.15) is 0 Å². The highest BCUT2D eigenvalue weighted by molar-refractivity contribution is 7.99. The highest BCUT2D eigenvalue weighted by atomic mass is 32.2. The number of benzene rings is 1. The molecular formula is C29H49N3O2S. The molecule has 0 bridgehead atoms. The first-order valence-electron chi connectivity index (χ1n) is 14.0. The van der Waals surface area contributed by atoms with Crippen LogP contribution in [0, 0.1) is 0 Å². The second kappa shape index (κ2) is 17.8. The van der Waals surface area contributed by atoms with E-state index in [-0.39, 0.29) is 23.2 Å². The van der Waals surface area contributed by atoms with E-state index in [1.54, 1.807) is 11.8 Å². The molecule has 2 atom stereocenters. The standard InChI is InChI=1S/C29H49N3O2S/c1-4-5-6-7-8-9-10-11-12-13-14-15-16-19-22-30-28(34)27-23-35-29(32(27)3)25-20-17-18-21-26(25)31-24(2)33/h17-18,20-21,27,29H,4-16,19,22-23H2,1-3H3,(H,30,34)(H,31,33)/t27-,29?/m0/s1. The van der Waals surface area contributed by atoms with Gasteiger partial charge < -0.3 is 10.6 Å². The Morgan fingerprint density at radius 1 is 0.886 bits per heavy atom. The molecule has 35 heavy (non-hydrogen) atoms. The number of hydrogen-bond acceptors (Lipinski definition) is 4. The monoisotopic (exact) mass is 503 g/mol. The Morgan fingerprint density at radius 2 is 1.43 bits per heavy atom. The van der Waals surface area contributed by atoms with Crippen molar-refractivity contribution in [1.29, 1.82) is 0 Å². The minimum absolute atomic E-state index is 0.0647. The molecular weight excluding hydrogens is 454 g/mol. The third-order valence-electron chi connectivity index (χ3n) is 6.94. The number of carbonyl (C=O) groups is 2. The molecule has 1 unspecified atom stereocenters. The van der Waals surface area contributed by atoms with Gasteiger partial charge in [-0.05, 0) is 19.5 Å². The Morgan fingerprint density at radius 3 is 2.00 bits per heavy atom. The van der Waals surface area contributed by atoms with Crippen molar-refractivity contribution in [3.8, 4) is 0 Å². The number of hydrogen-bond donors (Lipinski definition) is 2. The number of likely N-dealkylation sites (N-methyl/N-ethyl adjacent to an activating group) is 1. The van der Waals surface area contributed by atoms with Crippen LogP contribution in [-0.2, 0) is 9.59 Å². The number of para-hydroxylation sites is 1. The van der Waals surface area contributed by atoms with Crippen LogP contribution >= 0.6 is 11.8 Å². The quantitative estimate of drug-likeness (QED) is 0.207. The predicted molar refractivity (Wildman–Crippen MR) is 151 cm³/mol. The fraction of sp³-hybridized carbons (Fsp3) is 0.724. The van der Waals surface area contributed by atoms with Gasteiger partial charge in [-0.1, -0.05) is 109 Å². The Bertz CT molecular complexity index is 742. The second-order valence-electron chi connectivity index (χ2n) is 10.0. The topological polar surface area (TPSA) is 61.4 Å². The second-order valence-corrected chi connectivity index (χ2v) is 11.1. The van der Waals surface area contributed by atoms with Gasteiger partial charge in [0.25, 0.3) is 0 Å². The van der Waals surface area contributed by atoms with Gasteiger partial charge >= 0.3 is 0 Å². The van der Waals surface area contributed by atoms with Gasteiger partial charge in [0.2, 0.25) is 11.8 Å². The molecule has 0 aromatic heterocycles. The van der Waals surface area contributed by atoms with E-state index in [1.165, 1.54) is 90.4 Å². The highest BCUT2D eigenvalue weighted by Gasteiger charge is 2.37. The molecule has 1 aliphatic rings. The third kappa shape index (κ3) is 11.4. The van der Waals surface area contributed by atoms with Crippen molar-refractivity contribution in [1.82, 2.24) is 10.2 Å². The van der Waals surface area contributed by atoms with Gasteiger partial charge in [-0.25, -0.2) is 0 Å². The lowest BCUT2D eigenvalue weighted by molar-refractivity contribution is -0.125. The maximum absolute atomic E-state index is 12.8. The first kappa shape index (κ1) is 29.7. The lowest BCUT2D eigenvalue weighted by Gasteiger charge is -2.25. The largest absolute Gasteiger partial charge is 0.355 e. The summed E-state index contributed by atoms with van der Waals surface area (Å²) in [5, 5.41) is 6.14. The van der Waals surface area contributed by atoms with Crippen LogP contribution in [-0.4, -0.2) is 42.1 Å². The fourth-order valence-corrected chi connectivity index (χ4v) is 6.33. The van der Waals surface area contributed by atoms with E-state index in [9.17, 15) is 9.59 Å². The van der Waals surface area contributed by atoms with E-state index >= 15 is 0 Å². The van der Waals surface area contributed by atoms with Crippen molar-refractivity contribution >= 4 is 29.3 Å². The minimum Gasteiger partial charge on any atom is -0.355 e. The Labute approximate surface area is 218 Å². The van der Waals surface area contributed by atoms with E-state index in [4.69, 9.17) is 0 Å². The molecule has 0 saturated carbocycles. The lowest BCUT2D eigenvalue weighted by atomic mass is 10.0. The fourth-order valence-electron chi connectivity index (χ4n) is 4.82. The Hall–Kier alpha value is -1.53. The normalized spacial score (nSPS) is 18.0. The predicted octanol–water partition coefficient (Wildman–Crippen LogP) is 7.29. The van der Waals surface area contributed by atoms with Gasteiger partial charge in [0, 0.05) is 30.5 Å². The number of rotatable bonds is 18. The molecule has 1 aromatic carbocycles. The van der Waals surface area contributed by atoms with Crippen LogP contribution in [0.5, 0.6) is 0 Å². The van der Waals surface area contributed by atoms with E-state index in [0.29, 0.717) is 0 Å². The molecule has 198 valence electrons. The molecule has 0 aliphatic carbocycles. The molecule has 2 N–H and O–H groups in total. The number of amides is 2. The molecule has 6 heteroatoms. The van der Waals surface area contributed by atoms with Crippen LogP contribution in [0.15, 0.2) is 24.3 Å². The van der Waals surface area contributed by atoms with Crippen LogP contribution in [0.25, 0.3) is 0 Å². The summed E-state index contributed by atoms with van der Waals surface area (Å²) in [6, 6.07) is 7.73. The molecule has 5 nitrogen and oxygen atoms in total. The van der Waals surface area contributed by atoms with Gasteiger partial charge in [0.05, 0.1) is 11.4 Å². The zero-order valence-electron chi connectivity index (χ0n) is 22.4. The molecule has 2 amide bonds. The van der Waals surface area contributed by atoms with E-state index in [2.05, 4.69) is 22.5 Å². The van der Waals surface area contributed by atoms with E-state index < -0.39 is 0 Å². The highest BCUT2D eigenvalue weighted by Crippen LogP contribution is 2.42. The summed E-state index contributed by atoms with van der Waals surface area (Å²) < 4.78 is 0. The van der Waals surface area contributed by atoms with Crippen molar-refractivity contribution in [2.75, 3.05) is 24.7 Å². The van der Waals surface area contributed by atoms with Crippen LogP contribution < -0.4 is 10.6 Å². The number of nitrogens with zero attached hydrogens (tertiary/aromatic N) is 1. The van der Waals surface area contributed by atoms with Gasteiger partial charge in [0.15, 0.2) is 0 Å². The molecule has 1 aromatic rings. The van der Waals surface area contributed by atoms with Crippen molar-refractivity contribution in [3.05, 3.63) is 29.8 Å². The first-order valence-corrected chi connectivity index (χ1v) is 15.1. The summed E-state index contributed by atoms with van der Waals surface area (Å²) in [6.45, 7) is 4.56. The Kier molecular flexibility index (Phi) is 15.1. The SMILES string of the molecule is CCCCCCCCCCCCCCCCNC(=O)[C@@H]1CSC(c2ccccc2NC(C)=O)N1C. The zero-order valence-corrected chi connectivity index (χ0v) is 23.3. The number of thioether (sulfide) groups is 1. The number of carbonyl (C=O) groups excluding carboxylic acids is 2. The maximum Gasteiger partial charge on any atom is 0.238 e. The van der Waals surface area contributed by atoms with E-state index in [1.807, 2.05) is 31.3 Å². The molecule has 1 aliphatic heterocycles.